The molecule has 0 aromatic heterocycles. The molecule has 0 saturated heterocycles. The summed E-state index contributed by atoms with van der Waals surface area (Å²) in [6.07, 6.45) is 34.6. The highest BCUT2D eigenvalue weighted by Gasteiger charge is 2.25. The van der Waals surface area contributed by atoms with Crippen LogP contribution >= 0.6 is 0 Å². The summed E-state index contributed by atoms with van der Waals surface area (Å²) in [6, 6.07) is 11.1. The van der Waals surface area contributed by atoms with Crippen molar-refractivity contribution in [3.63, 3.8) is 0 Å². The first-order chi connectivity index (χ1) is 17.8. The molecule has 0 saturated carbocycles. The second kappa shape index (κ2) is 21.6. The predicted octanol–water partition coefficient (Wildman–Crippen LogP) is 10.5. The van der Waals surface area contributed by atoms with Crippen LogP contribution in [0.15, 0.2) is 42.7 Å². The molecule has 0 fully saturated rings. The van der Waals surface area contributed by atoms with Crippen LogP contribution in [0, 0.1) is 0 Å². The predicted molar refractivity (Wildman–Crippen MR) is 160 cm³/mol. The summed E-state index contributed by atoms with van der Waals surface area (Å²) < 4.78 is 0. The Morgan fingerprint density at radius 1 is 0.472 bits per heavy atom. The van der Waals surface area contributed by atoms with Crippen LogP contribution in [0.25, 0.3) is 0 Å². The van der Waals surface area contributed by atoms with Crippen LogP contribution in [0.4, 0.5) is 0 Å². The third kappa shape index (κ3) is 14.3. The van der Waals surface area contributed by atoms with Gasteiger partial charge in [0.15, 0.2) is 0 Å². The molecule has 1 atom stereocenters. The van der Waals surface area contributed by atoms with Gasteiger partial charge in [-0.1, -0.05) is 160 Å². The summed E-state index contributed by atoms with van der Waals surface area (Å²) in [6.45, 7) is 7.02. The maximum atomic E-state index is 2.63. The molecule has 36 heavy (non-hydrogen) atoms. The first-order valence-corrected chi connectivity index (χ1v) is 16.1. The Bertz CT molecular complexity index is 625. The third-order valence-electron chi connectivity index (χ3n) is 8.02. The Morgan fingerprint density at radius 2 is 0.833 bits per heavy atom. The van der Waals surface area contributed by atoms with Crippen LogP contribution in [0.3, 0.4) is 0 Å². The molecule has 0 amide bonds. The number of nitrogens with zero attached hydrogens (tertiary/aromatic N) is 2. The summed E-state index contributed by atoms with van der Waals surface area (Å²) in [5.41, 5.74) is 1.46. The monoisotopic (exact) mass is 496 g/mol. The van der Waals surface area contributed by atoms with Gasteiger partial charge in [-0.2, -0.15) is 0 Å². The summed E-state index contributed by atoms with van der Waals surface area (Å²) in [5, 5.41) is 0. The molecular formula is C34H60N2. The van der Waals surface area contributed by atoms with E-state index >= 15 is 0 Å². The fourth-order valence-corrected chi connectivity index (χ4v) is 5.63. The Labute approximate surface area is 225 Å². The summed E-state index contributed by atoms with van der Waals surface area (Å²) in [4.78, 5) is 5.26. The van der Waals surface area contributed by atoms with Crippen molar-refractivity contribution >= 4 is 0 Å². The molecule has 1 aromatic carbocycles. The molecule has 0 N–H and O–H groups in total. The van der Waals surface area contributed by atoms with Crippen molar-refractivity contribution in [3.8, 4) is 0 Å². The van der Waals surface area contributed by atoms with Crippen molar-refractivity contribution in [1.82, 2.24) is 9.80 Å². The van der Waals surface area contributed by atoms with E-state index in [9.17, 15) is 0 Å². The Morgan fingerprint density at radius 3 is 1.22 bits per heavy atom. The zero-order valence-corrected chi connectivity index (χ0v) is 24.3. The van der Waals surface area contributed by atoms with Gasteiger partial charge in [0.05, 0.1) is 0 Å². The Hall–Kier alpha value is -1.44. The normalized spacial score (nSPS) is 15.3. The van der Waals surface area contributed by atoms with E-state index in [0.717, 1.165) is 6.42 Å². The Kier molecular flexibility index (Phi) is 18.5. The number of hydrogen-bond donors (Lipinski definition) is 0. The zero-order valence-electron chi connectivity index (χ0n) is 24.3. The van der Waals surface area contributed by atoms with E-state index in [-0.39, 0.29) is 0 Å². The maximum Gasteiger partial charge on any atom is 0.105 e. The van der Waals surface area contributed by atoms with Gasteiger partial charge in [-0.05, 0) is 18.4 Å². The molecule has 1 unspecified atom stereocenters. The van der Waals surface area contributed by atoms with Crippen LogP contribution in [0.5, 0.6) is 0 Å². The Balaban J connectivity index is 1.59. The minimum atomic E-state index is 0.504. The number of rotatable bonds is 24. The zero-order chi connectivity index (χ0) is 25.5. The fourth-order valence-electron chi connectivity index (χ4n) is 5.63. The molecule has 1 aromatic rings. The van der Waals surface area contributed by atoms with Gasteiger partial charge in [0, 0.05) is 31.9 Å². The highest BCUT2D eigenvalue weighted by Crippen LogP contribution is 2.22. The molecule has 1 heterocycles. The smallest absolute Gasteiger partial charge is 0.105 e. The average Bonchev–Trinajstić information content (AvgIpc) is 3.27. The van der Waals surface area contributed by atoms with E-state index in [1.165, 1.54) is 147 Å². The van der Waals surface area contributed by atoms with Crippen molar-refractivity contribution in [2.45, 2.75) is 155 Å². The lowest BCUT2D eigenvalue weighted by molar-refractivity contribution is 0.148. The first kappa shape index (κ1) is 30.8. The van der Waals surface area contributed by atoms with Crippen molar-refractivity contribution in [2.24, 2.45) is 0 Å². The van der Waals surface area contributed by atoms with Gasteiger partial charge in [0.2, 0.25) is 0 Å². The lowest BCUT2D eigenvalue weighted by atomic mass is 10.0. The van der Waals surface area contributed by atoms with Gasteiger partial charge >= 0.3 is 0 Å². The van der Waals surface area contributed by atoms with Crippen molar-refractivity contribution in [3.05, 3.63) is 48.3 Å². The summed E-state index contributed by atoms with van der Waals surface area (Å²) in [7, 11) is 0. The van der Waals surface area contributed by atoms with Gasteiger partial charge < -0.3 is 9.80 Å². The fraction of sp³-hybridized carbons (Fsp3) is 0.765. The quantitative estimate of drug-likeness (QED) is 0.131. The molecule has 2 heteroatoms. The minimum Gasteiger partial charge on any atom is -0.356 e. The van der Waals surface area contributed by atoms with Crippen LogP contribution < -0.4 is 0 Å². The molecule has 2 nitrogen and oxygen atoms in total. The van der Waals surface area contributed by atoms with E-state index < -0.39 is 0 Å². The van der Waals surface area contributed by atoms with Gasteiger partial charge in [-0.3, -0.25) is 0 Å². The molecular weight excluding hydrogens is 436 g/mol. The number of unbranched alkanes of at least 4 members (excludes halogenated alkanes) is 18. The number of benzene rings is 1. The third-order valence-corrected chi connectivity index (χ3v) is 8.02. The lowest BCUT2D eigenvalue weighted by Crippen LogP contribution is -2.41. The van der Waals surface area contributed by atoms with Crippen molar-refractivity contribution < 1.29 is 0 Å². The molecule has 1 aliphatic heterocycles. The average molecular weight is 497 g/mol. The standard InChI is InChI=1S/C34H60N2/c1-3-5-7-9-11-12-13-14-15-16-18-20-25-29-36-31-30-35(28-24-19-17-10-8-6-4-2)34(36)32-33-26-22-21-23-27-33/h21-23,26-27,30-31,34H,3-20,24-25,28-29,32H2,1-2H3. The molecule has 0 aliphatic carbocycles. The van der Waals surface area contributed by atoms with E-state index in [0.29, 0.717) is 6.17 Å². The van der Waals surface area contributed by atoms with Crippen molar-refractivity contribution in [2.75, 3.05) is 13.1 Å². The SMILES string of the molecule is CCCCCCCCCCCCCCCN1C=CN(CCCCCCCCC)C1Cc1ccccc1. The highest BCUT2D eigenvalue weighted by molar-refractivity contribution is 5.17. The topological polar surface area (TPSA) is 6.48 Å². The van der Waals surface area contributed by atoms with Gasteiger partial charge in [0.25, 0.3) is 0 Å². The van der Waals surface area contributed by atoms with E-state index in [2.05, 4.69) is 66.4 Å². The van der Waals surface area contributed by atoms with Crippen LogP contribution in [-0.2, 0) is 6.42 Å². The van der Waals surface area contributed by atoms with Gasteiger partial charge in [0.1, 0.15) is 6.17 Å². The largest absolute Gasteiger partial charge is 0.356 e. The molecule has 1 aliphatic rings. The van der Waals surface area contributed by atoms with Gasteiger partial charge in [-0.15, -0.1) is 0 Å². The molecule has 206 valence electrons. The second-order valence-electron chi connectivity index (χ2n) is 11.3. The lowest BCUT2D eigenvalue weighted by Gasteiger charge is -2.33. The molecule has 0 spiro atoms. The van der Waals surface area contributed by atoms with Crippen LogP contribution in [-0.4, -0.2) is 29.1 Å². The number of hydrogen-bond acceptors (Lipinski definition) is 2. The van der Waals surface area contributed by atoms with E-state index in [1.807, 2.05) is 0 Å². The molecule has 2 rings (SSSR count). The highest BCUT2D eigenvalue weighted by atomic mass is 15.4. The summed E-state index contributed by atoms with van der Waals surface area (Å²) >= 11 is 0. The first-order valence-electron chi connectivity index (χ1n) is 16.1. The van der Waals surface area contributed by atoms with E-state index in [1.54, 1.807) is 0 Å². The second-order valence-corrected chi connectivity index (χ2v) is 11.3. The summed E-state index contributed by atoms with van der Waals surface area (Å²) in [5.74, 6) is 0. The maximum absolute atomic E-state index is 2.63. The van der Waals surface area contributed by atoms with Gasteiger partial charge in [-0.25, -0.2) is 0 Å². The van der Waals surface area contributed by atoms with Crippen LogP contribution in [0.1, 0.15) is 148 Å². The molecule has 0 bridgehead atoms. The van der Waals surface area contributed by atoms with Crippen molar-refractivity contribution in [1.29, 1.82) is 0 Å². The molecule has 0 radical (unpaired) electrons. The van der Waals surface area contributed by atoms with E-state index in [4.69, 9.17) is 0 Å². The minimum absolute atomic E-state index is 0.504. The van der Waals surface area contributed by atoms with Crippen LogP contribution in [0.2, 0.25) is 0 Å².